The standard InChI is InChI=1S/C10H9NO/c1-2-4-8-7(3-1)5-9(11-8)10-6-12-10/h1-5,10-11H,6H2/t10-/m0/s1. The van der Waals surface area contributed by atoms with E-state index in [1.165, 1.54) is 16.6 Å². The van der Waals surface area contributed by atoms with E-state index in [-0.39, 0.29) is 0 Å². The van der Waals surface area contributed by atoms with Gasteiger partial charge in [0.1, 0.15) is 6.10 Å². The van der Waals surface area contributed by atoms with Crippen LogP contribution in [-0.4, -0.2) is 11.6 Å². The summed E-state index contributed by atoms with van der Waals surface area (Å²) in [5.74, 6) is 0. The van der Waals surface area contributed by atoms with Crippen molar-refractivity contribution in [3.8, 4) is 0 Å². The molecule has 0 bridgehead atoms. The van der Waals surface area contributed by atoms with Crippen LogP contribution in [0.15, 0.2) is 30.3 Å². The first-order valence-electron chi connectivity index (χ1n) is 4.13. The number of aromatic amines is 1. The number of hydrogen-bond acceptors (Lipinski definition) is 1. The fourth-order valence-corrected chi connectivity index (χ4v) is 1.50. The lowest BCUT2D eigenvalue weighted by atomic mass is 10.2. The maximum absolute atomic E-state index is 5.19. The number of para-hydroxylation sites is 1. The van der Waals surface area contributed by atoms with Gasteiger partial charge in [-0.15, -0.1) is 0 Å². The van der Waals surface area contributed by atoms with E-state index in [1.807, 2.05) is 12.1 Å². The molecule has 3 rings (SSSR count). The summed E-state index contributed by atoms with van der Waals surface area (Å²) in [5.41, 5.74) is 2.40. The van der Waals surface area contributed by atoms with Crippen LogP contribution in [0.1, 0.15) is 11.8 Å². The van der Waals surface area contributed by atoms with Crippen molar-refractivity contribution in [2.45, 2.75) is 6.10 Å². The number of aromatic nitrogens is 1. The molecule has 2 heterocycles. The Morgan fingerprint density at radius 3 is 2.92 bits per heavy atom. The first-order chi connectivity index (χ1) is 5.93. The topological polar surface area (TPSA) is 28.3 Å². The number of rotatable bonds is 1. The maximum Gasteiger partial charge on any atom is 0.121 e. The smallest absolute Gasteiger partial charge is 0.121 e. The van der Waals surface area contributed by atoms with E-state index in [4.69, 9.17) is 4.74 Å². The fraction of sp³-hybridized carbons (Fsp3) is 0.200. The molecule has 2 heteroatoms. The van der Waals surface area contributed by atoms with Gasteiger partial charge in [-0.05, 0) is 17.5 Å². The Kier molecular flexibility index (Phi) is 1.10. The number of benzene rings is 1. The molecule has 1 aromatic carbocycles. The Bertz CT molecular complexity index is 381. The summed E-state index contributed by atoms with van der Waals surface area (Å²) in [7, 11) is 0. The second kappa shape index (κ2) is 2.11. The number of epoxide rings is 1. The average Bonchev–Trinajstić information content (AvgIpc) is 2.85. The van der Waals surface area contributed by atoms with Crippen LogP contribution < -0.4 is 0 Å². The monoisotopic (exact) mass is 159 g/mol. The van der Waals surface area contributed by atoms with Crippen molar-refractivity contribution in [3.63, 3.8) is 0 Å². The molecule has 1 aromatic heterocycles. The van der Waals surface area contributed by atoms with Gasteiger partial charge in [-0.1, -0.05) is 18.2 Å². The molecule has 1 fully saturated rings. The van der Waals surface area contributed by atoms with Crippen molar-refractivity contribution < 1.29 is 4.74 Å². The molecule has 0 unspecified atom stereocenters. The van der Waals surface area contributed by atoms with Crippen molar-refractivity contribution in [2.75, 3.05) is 6.61 Å². The largest absolute Gasteiger partial charge is 0.366 e. The van der Waals surface area contributed by atoms with E-state index < -0.39 is 0 Å². The minimum absolute atomic E-state index is 0.331. The van der Waals surface area contributed by atoms with Crippen molar-refractivity contribution in [2.24, 2.45) is 0 Å². The van der Waals surface area contributed by atoms with Gasteiger partial charge in [0.25, 0.3) is 0 Å². The summed E-state index contributed by atoms with van der Waals surface area (Å²) in [5, 5.41) is 1.27. The average molecular weight is 159 g/mol. The minimum atomic E-state index is 0.331. The molecule has 1 saturated heterocycles. The molecule has 2 aromatic rings. The first kappa shape index (κ1) is 6.26. The van der Waals surface area contributed by atoms with Crippen molar-refractivity contribution in [1.82, 2.24) is 4.98 Å². The Morgan fingerprint density at radius 2 is 2.17 bits per heavy atom. The van der Waals surface area contributed by atoms with Gasteiger partial charge in [-0.25, -0.2) is 0 Å². The van der Waals surface area contributed by atoms with Crippen molar-refractivity contribution >= 4 is 10.9 Å². The lowest BCUT2D eigenvalue weighted by Crippen LogP contribution is -1.76. The predicted octanol–water partition coefficient (Wildman–Crippen LogP) is 2.24. The molecular formula is C10H9NO. The highest BCUT2D eigenvalue weighted by molar-refractivity contribution is 5.80. The van der Waals surface area contributed by atoms with E-state index >= 15 is 0 Å². The van der Waals surface area contributed by atoms with Gasteiger partial charge in [-0.2, -0.15) is 0 Å². The fourth-order valence-electron chi connectivity index (χ4n) is 1.50. The van der Waals surface area contributed by atoms with Crippen LogP contribution in [0.3, 0.4) is 0 Å². The second-order valence-electron chi connectivity index (χ2n) is 3.13. The van der Waals surface area contributed by atoms with Crippen molar-refractivity contribution in [3.05, 3.63) is 36.0 Å². The Hall–Kier alpha value is -1.28. The van der Waals surface area contributed by atoms with E-state index in [2.05, 4.69) is 23.2 Å². The zero-order valence-electron chi connectivity index (χ0n) is 6.58. The summed E-state index contributed by atoms with van der Waals surface area (Å²) in [6.07, 6.45) is 0.331. The van der Waals surface area contributed by atoms with Crippen LogP contribution in [0, 0.1) is 0 Å². The minimum Gasteiger partial charge on any atom is -0.366 e. The molecule has 1 N–H and O–H groups in total. The van der Waals surface area contributed by atoms with Crippen LogP contribution in [0.2, 0.25) is 0 Å². The van der Waals surface area contributed by atoms with Gasteiger partial charge in [0.2, 0.25) is 0 Å². The molecule has 2 nitrogen and oxygen atoms in total. The molecule has 1 atom stereocenters. The molecular weight excluding hydrogens is 150 g/mol. The molecule has 0 spiro atoms. The van der Waals surface area contributed by atoms with Crippen molar-refractivity contribution in [1.29, 1.82) is 0 Å². The summed E-state index contributed by atoms with van der Waals surface area (Å²) in [4.78, 5) is 3.33. The molecule has 1 aliphatic heterocycles. The van der Waals surface area contributed by atoms with Gasteiger partial charge in [0.15, 0.2) is 0 Å². The molecule has 12 heavy (non-hydrogen) atoms. The zero-order valence-corrected chi connectivity index (χ0v) is 6.58. The second-order valence-corrected chi connectivity index (χ2v) is 3.13. The third kappa shape index (κ3) is 0.850. The number of H-pyrrole nitrogens is 1. The highest BCUT2D eigenvalue weighted by Crippen LogP contribution is 2.30. The van der Waals surface area contributed by atoms with Gasteiger partial charge in [0.05, 0.1) is 6.61 Å². The molecule has 0 aliphatic carbocycles. The van der Waals surface area contributed by atoms with E-state index in [0.29, 0.717) is 6.10 Å². The number of ether oxygens (including phenoxy) is 1. The SMILES string of the molecule is c1ccc2[nH]c([C@@H]3CO3)cc2c1. The van der Waals surface area contributed by atoms with Crippen LogP contribution in [-0.2, 0) is 4.74 Å². The maximum atomic E-state index is 5.19. The predicted molar refractivity (Wildman–Crippen MR) is 47.0 cm³/mol. The highest BCUT2D eigenvalue weighted by atomic mass is 16.6. The van der Waals surface area contributed by atoms with E-state index in [0.717, 1.165) is 6.61 Å². The molecule has 1 aliphatic rings. The number of hydrogen-bond donors (Lipinski definition) is 1. The summed E-state index contributed by atoms with van der Waals surface area (Å²) in [6.45, 7) is 0.868. The van der Waals surface area contributed by atoms with Gasteiger partial charge in [0, 0.05) is 11.2 Å². The number of nitrogens with one attached hydrogen (secondary N) is 1. The van der Waals surface area contributed by atoms with Gasteiger partial charge < -0.3 is 9.72 Å². The van der Waals surface area contributed by atoms with Crippen LogP contribution >= 0.6 is 0 Å². The normalized spacial score (nSPS) is 21.5. The molecule has 0 saturated carbocycles. The molecule has 60 valence electrons. The zero-order chi connectivity index (χ0) is 7.97. The van der Waals surface area contributed by atoms with Crippen LogP contribution in [0.25, 0.3) is 10.9 Å². The van der Waals surface area contributed by atoms with Crippen LogP contribution in [0.5, 0.6) is 0 Å². The highest BCUT2D eigenvalue weighted by Gasteiger charge is 2.26. The Morgan fingerprint density at radius 1 is 1.33 bits per heavy atom. The summed E-state index contributed by atoms with van der Waals surface area (Å²) >= 11 is 0. The van der Waals surface area contributed by atoms with E-state index in [1.54, 1.807) is 0 Å². The summed E-state index contributed by atoms with van der Waals surface area (Å²) < 4.78 is 5.19. The van der Waals surface area contributed by atoms with E-state index in [9.17, 15) is 0 Å². The number of fused-ring (bicyclic) bond motifs is 1. The third-order valence-electron chi connectivity index (χ3n) is 2.23. The molecule has 0 radical (unpaired) electrons. The lowest BCUT2D eigenvalue weighted by molar-refractivity contribution is 0.412. The van der Waals surface area contributed by atoms with Gasteiger partial charge in [-0.3, -0.25) is 0 Å². The Balaban J connectivity index is 2.23. The van der Waals surface area contributed by atoms with Crippen LogP contribution in [0.4, 0.5) is 0 Å². The van der Waals surface area contributed by atoms with Gasteiger partial charge >= 0.3 is 0 Å². The quantitative estimate of drug-likeness (QED) is 0.635. The summed E-state index contributed by atoms with van der Waals surface area (Å²) in [6, 6.07) is 10.4. The third-order valence-corrected chi connectivity index (χ3v) is 2.23. The lowest BCUT2D eigenvalue weighted by Gasteiger charge is -1.85. The Labute approximate surface area is 70.2 Å². The first-order valence-corrected chi connectivity index (χ1v) is 4.13. The molecule has 0 amide bonds.